The van der Waals surface area contributed by atoms with E-state index in [1.807, 2.05) is 0 Å². The molecule has 0 radical (unpaired) electrons. The molecule has 5 saturated carbocycles. The lowest BCUT2D eigenvalue weighted by molar-refractivity contribution is -0.179. The van der Waals surface area contributed by atoms with E-state index in [2.05, 4.69) is 13.8 Å². The first kappa shape index (κ1) is 25.0. The molecule has 34 heavy (non-hydrogen) atoms. The summed E-state index contributed by atoms with van der Waals surface area (Å²) in [5.41, 5.74) is -1.08. The maximum absolute atomic E-state index is 13.7. The summed E-state index contributed by atoms with van der Waals surface area (Å²) in [5.74, 6) is 6.04. The third kappa shape index (κ3) is 4.36. The number of rotatable bonds is 6. The van der Waals surface area contributed by atoms with E-state index in [0.717, 1.165) is 86.9 Å². The topological polar surface area (TPSA) is 34.1 Å². The number of Topliss-reactive ketones (excluding diaryl/α,β-unsaturated/α-hetero) is 2. The van der Waals surface area contributed by atoms with Crippen molar-refractivity contribution in [3.8, 4) is 0 Å². The Kier molecular flexibility index (Phi) is 7.63. The molecule has 0 unspecified atom stereocenters. The molecular weight excluding hydrogens is 416 g/mol. The van der Waals surface area contributed by atoms with Crippen LogP contribution in [0.3, 0.4) is 0 Å². The quantitative estimate of drug-likeness (QED) is 0.365. The van der Waals surface area contributed by atoms with Gasteiger partial charge in [-0.2, -0.15) is 0 Å². The summed E-state index contributed by atoms with van der Waals surface area (Å²) in [6.45, 7) is 4.63. The molecule has 5 rings (SSSR count). The molecule has 0 atom stereocenters. The fraction of sp³-hybridized carbons (Fsp3) is 0.938. The molecule has 0 aromatic heterocycles. The van der Waals surface area contributed by atoms with E-state index < -0.39 is 10.8 Å². The van der Waals surface area contributed by atoms with Gasteiger partial charge in [-0.25, -0.2) is 0 Å². The largest absolute Gasteiger partial charge is 0.297 e. The molecule has 0 aromatic rings. The molecule has 2 nitrogen and oxygen atoms in total. The number of ketones is 2. The van der Waals surface area contributed by atoms with E-state index >= 15 is 0 Å². The number of hydrogen-bond acceptors (Lipinski definition) is 2. The Labute approximate surface area is 209 Å². The van der Waals surface area contributed by atoms with Gasteiger partial charge in [-0.3, -0.25) is 9.59 Å². The second kappa shape index (κ2) is 10.4. The number of carbonyl (C=O) groups excluding carboxylic acids is 2. The lowest BCUT2D eigenvalue weighted by atomic mass is 9.41. The van der Waals surface area contributed by atoms with Crippen LogP contribution in [-0.2, 0) is 9.59 Å². The standard InChI is InChI=1S/C32H52O2/c1-3-5-23-7-11-25(12-8-23)27-15-19-31(20-16-27)29(33)32(30(31)34)21-17-28(18-22-32)26-13-9-24(6-4-2)10-14-26/h23-28H,3-22H2,1-2H3/t23-,24-,25-,26-,27?,28?,31?,32?. The molecule has 0 heterocycles. The molecule has 0 saturated heterocycles. The molecular formula is C32H52O2. The van der Waals surface area contributed by atoms with Gasteiger partial charge in [-0.05, 0) is 113 Å². The van der Waals surface area contributed by atoms with Crippen molar-refractivity contribution in [2.24, 2.45) is 46.3 Å². The van der Waals surface area contributed by atoms with E-state index in [9.17, 15) is 9.59 Å². The Balaban J connectivity index is 1.10. The highest BCUT2D eigenvalue weighted by Crippen LogP contribution is 2.63. The van der Waals surface area contributed by atoms with Crippen LogP contribution in [0.5, 0.6) is 0 Å². The molecule has 5 fully saturated rings. The van der Waals surface area contributed by atoms with Crippen LogP contribution in [0.2, 0.25) is 0 Å². The zero-order valence-electron chi connectivity index (χ0n) is 22.4. The highest BCUT2D eigenvalue weighted by molar-refractivity contribution is 6.30. The first-order valence-corrected chi connectivity index (χ1v) is 15.6. The predicted molar refractivity (Wildman–Crippen MR) is 140 cm³/mol. The second-order valence-electron chi connectivity index (χ2n) is 13.6. The molecule has 0 aromatic carbocycles. The summed E-state index contributed by atoms with van der Waals surface area (Å²) in [7, 11) is 0. The van der Waals surface area contributed by atoms with Gasteiger partial charge < -0.3 is 0 Å². The highest BCUT2D eigenvalue weighted by Gasteiger charge is 2.71. The van der Waals surface area contributed by atoms with Gasteiger partial charge in [0.15, 0.2) is 11.6 Å². The van der Waals surface area contributed by atoms with Gasteiger partial charge in [0.2, 0.25) is 0 Å². The van der Waals surface area contributed by atoms with Gasteiger partial charge in [0, 0.05) is 0 Å². The SMILES string of the molecule is CCC[C@H]1CC[C@H](C2CCC3(CC2)C(=O)C2(CCC([C@H]4CC[C@H](CCC)CC4)CC2)C3=O)CC1. The van der Waals surface area contributed by atoms with E-state index in [1.165, 1.54) is 77.0 Å². The van der Waals surface area contributed by atoms with Crippen molar-refractivity contribution in [1.82, 2.24) is 0 Å². The van der Waals surface area contributed by atoms with Gasteiger partial charge in [0.1, 0.15) is 0 Å². The van der Waals surface area contributed by atoms with E-state index in [-0.39, 0.29) is 0 Å². The summed E-state index contributed by atoms with van der Waals surface area (Å²) in [5, 5.41) is 0. The van der Waals surface area contributed by atoms with Gasteiger partial charge in [-0.15, -0.1) is 0 Å². The second-order valence-corrected chi connectivity index (χ2v) is 13.6. The van der Waals surface area contributed by atoms with E-state index in [1.54, 1.807) is 0 Å². The van der Waals surface area contributed by atoms with Gasteiger partial charge >= 0.3 is 0 Å². The van der Waals surface area contributed by atoms with Gasteiger partial charge in [0.05, 0.1) is 10.8 Å². The molecule has 0 bridgehead atoms. The molecule has 0 N–H and O–H groups in total. The van der Waals surface area contributed by atoms with Crippen LogP contribution < -0.4 is 0 Å². The lowest BCUT2D eigenvalue weighted by Gasteiger charge is -2.58. The van der Waals surface area contributed by atoms with Crippen LogP contribution in [-0.4, -0.2) is 11.6 Å². The molecule has 0 aliphatic heterocycles. The highest BCUT2D eigenvalue weighted by atomic mass is 16.2. The smallest absolute Gasteiger partial charge is 0.159 e. The van der Waals surface area contributed by atoms with E-state index in [4.69, 9.17) is 0 Å². The Morgan fingerprint density at radius 3 is 1.09 bits per heavy atom. The Bertz CT molecular complexity index is 627. The summed E-state index contributed by atoms with van der Waals surface area (Å²) in [6.07, 6.45) is 24.8. The zero-order chi connectivity index (χ0) is 23.8. The van der Waals surface area contributed by atoms with Crippen LogP contribution in [0.25, 0.3) is 0 Å². The summed E-state index contributed by atoms with van der Waals surface area (Å²) < 4.78 is 0. The average molecular weight is 469 g/mol. The normalized spacial score (nSPS) is 45.5. The lowest BCUT2D eigenvalue weighted by Crippen LogP contribution is -2.68. The Morgan fingerprint density at radius 1 is 0.500 bits per heavy atom. The molecule has 0 amide bonds. The van der Waals surface area contributed by atoms with Crippen LogP contribution in [0.15, 0.2) is 0 Å². The van der Waals surface area contributed by atoms with E-state index in [0.29, 0.717) is 11.6 Å². The Morgan fingerprint density at radius 2 is 0.794 bits per heavy atom. The summed E-state index contributed by atoms with van der Waals surface area (Å²) in [6, 6.07) is 0. The van der Waals surface area contributed by atoms with Crippen molar-refractivity contribution in [2.75, 3.05) is 0 Å². The first-order valence-electron chi connectivity index (χ1n) is 15.6. The van der Waals surface area contributed by atoms with Crippen molar-refractivity contribution < 1.29 is 9.59 Å². The Hall–Kier alpha value is -0.660. The minimum Gasteiger partial charge on any atom is -0.297 e. The monoisotopic (exact) mass is 468 g/mol. The minimum atomic E-state index is -0.541. The van der Waals surface area contributed by atoms with Gasteiger partial charge in [0.25, 0.3) is 0 Å². The van der Waals surface area contributed by atoms with Crippen LogP contribution in [0.4, 0.5) is 0 Å². The predicted octanol–water partition coefficient (Wildman–Crippen LogP) is 8.70. The molecule has 5 aliphatic rings. The maximum Gasteiger partial charge on any atom is 0.159 e. The fourth-order valence-electron chi connectivity index (χ4n) is 9.89. The molecule has 2 spiro atoms. The third-order valence-corrected chi connectivity index (χ3v) is 12.0. The first-order chi connectivity index (χ1) is 16.5. The maximum atomic E-state index is 13.7. The van der Waals surface area contributed by atoms with Crippen molar-refractivity contribution in [3.05, 3.63) is 0 Å². The fourth-order valence-corrected chi connectivity index (χ4v) is 9.89. The summed E-state index contributed by atoms with van der Waals surface area (Å²) >= 11 is 0. The van der Waals surface area contributed by atoms with Crippen molar-refractivity contribution in [3.63, 3.8) is 0 Å². The average Bonchev–Trinajstić information content (AvgIpc) is 2.89. The number of carbonyl (C=O) groups is 2. The van der Waals surface area contributed by atoms with Crippen LogP contribution in [0, 0.1) is 46.3 Å². The molecule has 192 valence electrons. The molecule has 2 heteroatoms. The van der Waals surface area contributed by atoms with Gasteiger partial charge in [-0.1, -0.05) is 65.2 Å². The van der Waals surface area contributed by atoms with Crippen LogP contribution >= 0.6 is 0 Å². The van der Waals surface area contributed by atoms with Crippen molar-refractivity contribution in [2.45, 2.75) is 142 Å². The molecule has 5 aliphatic carbocycles. The third-order valence-electron chi connectivity index (χ3n) is 12.0. The van der Waals surface area contributed by atoms with Crippen LogP contribution in [0.1, 0.15) is 142 Å². The van der Waals surface area contributed by atoms with Crippen molar-refractivity contribution >= 4 is 11.6 Å². The number of hydrogen-bond donors (Lipinski definition) is 0. The van der Waals surface area contributed by atoms with Crippen molar-refractivity contribution in [1.29, 1.82) is 0 Å². The zero-order valence-corrected chi connectivity index (χ0v) is 22.4. The summed E-state index contributed by atoms with van der Waals surface area (Å²) in [4.78, 5) is 27.4. The minimum absolute atomic E-state index is 0.403.